The van der Waals surface area contributed by atoms with Gasteiger partial charge in [0.05, 0.1) is 0 Å². The smallest absolute Gasteiger partial charge is 0.316 e. The number of hydrogen-bond donors (Lipinski definition) is 1. The fraction of sp³-hybridized carbons (Fsp3) is 0.750. The topological polar surface area (TPSA) is 43.4 Å². The van der Waals surface area contributed by atoms with Gasteiger partial charge in [-0.3, -0.25) is 9.59 Å². The SMILES string of the molecule is CCCC(=O)[SH](C)OC(=O)CC. The number of thiol groups is 1. The summed E-state index contributed by atoms with van der Waals surface area (Å²) in [5, 5.41) is 0.0642. The molecule has 0 aliphatic heterocycles. The monoisotopic (exact) mass is 192 g/mol. The summed E-state index contributed by atoms with van der Waals surface area (Å²) >= 11 is -1.18. The van der Waals surface area contributed by atoms with Crippen molar-refractivity contribution in [2.45, 2.75) is 33.1 Å². The van der Waals surface area contributed by atoms with Crippen molar-refractivity contribution < 1.29 is 13.8 Å². The van der Waals surface area contributed by atoms with Crippen LogP contribution in [0.2, 0.25) is 0 Å². The first kappa shape index (κ1) is 11.5. The van der Waals surface area contributed by atoms with E-state index >= 15 is 0 Å². The van der Waals surface area contributed by atoms with Gasteiger partial charge in [-0.25, -0.2) is 0 Å². The van der Waals surface area contributed by atoms with Crippen molar-refractivity contribution in [1.82, 2.24) is 0 Å². The molecule has 0 fully saturated rings. The van der Waals surface area contributed by atoms with Crippen LogP contribution in [0.15, 0.2) is 0 Å². The number of carbonyl (C=O) groups excluding carboxylic acids is 2. The van der Waals surface area contributed by atoms with Gasteiger partial charge in [0.25, 0.3) is 0 Å². The van der Waals surface area contributed by atoms with Crippen LogP contribution in [0.1, 0.15) is 33.1 Å². The molecular formula is C8H16O3S. The first-order valence-electron chi connectivity index (χ1n) is 4.09. The third kappa shape index (κ3) is 4.38. The number of carbonyl (C=O) groups is 2. The van der Waals surface area contributed by atoms with E-state index in [1.807, 2.05) is 6.92 Å². The van der Waals surface area contributed by atoms with Gasteiger partial charge in [0.1, 0.15) is 0 Å². The molecule has 0 spiro atoms. The summed E-state index contributed by atoms with van der Waals surface area (Å²) in [6.45, 7) is 3.65. The average molecular weight is 192 g/mol. The number of hydrogen-bond acceptors (Lipinski definition) is 3. The summed E-state index contributed by atoms with van der Waals surface area (Å²) in [6.07, 6.45) is 3.35. The predicted octanol–water partition coefficient (Wildman–Crippen LogP) is 1.81. The first-order valence-corrected chi connectivity index (χ1v) is 5.79. The van der Waals surface area contributed by atoms with Crippen LogP contribution >= 0.6 is 11.2 Å². The Labute approximate surface area is 76.0 Å². The van der Waals surface area contributed by atoms with E-state index in [1.54, 1.807) is 13.2 Å². The normalized spacial score (nSPS) is 13.8. The zero-order chi connectivity index (χ0) is 9.56. The highest BCUT2D eigenvalue weighted by Crippen LogP contribution is 2.25. The van der Waals surface area contributed by atoms with Crippen molar-refractivity contribution in [3.05, 3.63) is 0 Å². The molecule has 0 aromatic heterocycles. The van der Waals surface area contributed by atoms with Crippen LogP contribution in [-0.2, 0) is 13.8 Å². The van der Waals surface area contributed by atoms with Gasteiger partial charge in [0.2, 0.25) is 5.12 Å². The van der Waals surface area contributed by atoms with Gasteiger partial charge in [-0.15, -0.1) is 0 Å². The third-order valence-corrected chi connectivity index (χ3v) is 2.75. The van der Waals surface area contributed by atoms with Crippen molar-refractivity contribution in [1.29, 1.82) is 0 Å². The Hall–Kier alpha value is -0.510. The minimum absolute atomic E-state index is 0.0642. The van der Waals surface area contributed by atoms with E-state index in [4.69, 9.17) is 4.18 Å². The molecule has 0 N–H and O–H groups in total. The Morgan fingerprint density at radius 1 is 1.33 bits per heavy atom. The summed E-state index contributed by atoms with van der Waals surface area (Å²) < 4.78 is 4.89. The van der Waals surface area contributed by atoms with Crippen LogP contribution < -0.4 is 0 Å². The van der Waals surface area contributed by atoms with E-state index < -0.39 is 11.2 Å². The maximum Gasteiger partial charge on any atom is 0.316 e. The standard InChI is InChI=1S/C8H16O3S/c1-4-6-8(10)12(3)11-7(9)5-2/h12H,4-6H2,1-3H3. The summed E-state index contributed by atoms with van der Waals surface area (Å²) in [6, 6.07) is 0. The molecular weight excluding hydrogens is 176 g/mol. The summed E-state index contributed by atoms with van der Waals surface area (Å²) in [7, 11) is 0. The van der Waals surface area contributed by atoms with E-state index in [9.17, 15) is 9.59 Å². The van der Waals surface area contributed by atoms with Crippen molar-refractivity contribution in [2.75, 3.05) is 6.26 Å². The van der Waals surface area contributed by atoms with Gasteiger partial charge in [0, 0.05) is 19.1 Å². The highest BCUT2D eigenvalue weighted by atomic mass is 32.2. The average Bonchev–Trinajstić information content (AvgIpc) is 2.04. The second kappa shape index (κ2) is 6.06. The van der Waals surface area contributed by atoms with E-state index in [-0.39, 0.29) is 11.1 Å². The summed E-state index contributed by atoms with van der Waals surface area (Å²) in [5.41, 5.74) is 0. The van der Waals surface area contributed by atoms with Gasteiger partial charge in [-0.1, -0.05) is 13.8 Å². The lowest BCUT2D eigenvalue weighted by molar-refractivity contribution is -0.133. The highest BCUT2D eigenvalue weighted by molar-refractivity contribution is 8.25. The molecule has 0 bridgehead atoms. The van der Waals surface area contributed by atoms with Gasteiger partial charge in [0.15, 0.2) is 0 Å². The minimum atomic E-state index is -1.18. The Morgan fingerprint density at radius 3 is 2.33 bits per heavy atom. The molecule has 0 aromatic rings. The first-order chi connectivity index (χ1) is 5.61. The fourth-order valence-corrected chi connectivity index (χ4v) is 1.71. The molecule has 72 valence electrons. The molecule has 0 aliphatic carbocycles. The molecule has 1 unspecified atom stereocenters. The van der Waals surface area contributed by atoms with Crippen LogP contribution in [0, 0.1) is 0 Å². The van der Waals surface area contributed by atoms with Crippen molar-refractivity contribution >= 4 is 22.3 Å². The molecule has 0 rings (SSSR count). The van der Waals surface area contributed by atoms with Crippen LogP contribution in [-0.4, -0.2) is 17.3 Å². The molecule has 0 aromatic carbocycles. The third-order valence-electron chi connectivity index (χ3n) is 1.34. The Balaban J connectivity index is 3.78. The molecule has 12 heavy (non-hydrogen) atoms. The molecule has 4 heteroatoms. The van der Waals surface area contributed by atoms with E-state index in [1.165, 1.54) is 0 Å². The van der Waals surface area contributed by atoms with Crippen LogP contribution in [0.3, 0.4) is 0 Å². The van der Waals surface area contributed by atoms with Crippen LogP contribution in [0.4, 0.5) is 0 Å². The lowest BCUT2D eigenvalue weighted by atomic mass is 10.4. The largest absolute Gasteiger partial charge is 0.411 e. The second-order valence-electron chi connectivity index (χ2n) is 2.46. The maximum absolute atomic E-state index is 11.1. The van der Waals surface area contributed by atoms with Crippen LogP contribution in [0.25, 0.3) is 0 Å². The van der Waals surface area contributed by atoms with Gasteiger partial charge in [-0.05, 0) is 17.6 Å². The molecule has 0 aliphatic rings. The zero-order valence-corrected chi connectivity index (χ0v) is 8.69. The Morgan fingerprint density at radius 2 is 1.92 bits per heavy atom. The minimum Gasteiger partial charge on any atom is -0.411 e. The van der Waals surface area contributed by atoms with Gasteiger partial charge in [-0.2, -0.15) is 0 Å². The number of rotatable bonds is 3. The van der Waals surface area contributed by atoms with E-state index in [2.05, 4.69) is 0 Å². The molecule has 3 nitrogen and oxygen atoms in total. The van der Waals surface area contributed by atoms with Crippen molar-refractivity contribution in [2.24, 2.45) is 0 Å². The second-order valence-corrected chi connectivity index (χ2v) is 4.13. The highest BCUT2D eigenvalue weighted by Gasteiger charge is 2.11. The molecule has 0 heterocycles. The zero-order valence-electron chi connectivity index (χ0n) is 7.79. The van der Waals surface area contributed by atoms with Crippen LogP contribution in [0.5, 0.6) is 0 Å². The Bertz CT molecular complexity index is 168. The molecule has 0 amide bonds. The molecule has 0 radical (unpaired) electrons. The fourth-order valence-electron chi connectivity index (χ4n) is 0.639. The molecule has 1 atom stereocenters. The molecule has 0 saturated carbocycles. The van der Waals surface area contributed by atoms with Gasteiger partial charge < -0.3 is 4.18 Å². The Kier molecular flexibility index (Phi) is 5.80. The van der Waals surface area contributed by atoms with E-state index in [0.29, 0.717) is 12.8 Å². The van der Waals surface area contributed by atoms with Crippen molar-refractivity contribution in [3.8, 4) is 0 Å². The summed E-state index contributed by atoms with van der Waals surface area (Å²) in [5.74, 6) is -0.284. The van der Waals surface area contributed by atoms with E-state index in [0.717, 1.165) is 6.42 Å². The van der Waals surface area contributed by atoms with Gasteiger partial charge >= 0.3 is 5.97 Å². The molecule has 0 saturated heterocycles. The summed E-state index contributed by atoms with van der Waals surface area (Å²) in [4.78, 5) is 21.9. The lowest BCUT2D eigenvalue weighted by Crippen LogP contribution is -2.06. The quantitative estimate of drug-likeness (QED) is 0.693. The van der Waals surface area contributed by atoms with Crippen molar-refractivity contribution in [3.63, 3.8) is 0 Å². The predicted molar refractivity (Wildman–Crippen MR) is 51.2 cm³/mol. The maximum atomic E-state index is 11.1. The lowest BCUT2D eigenvalue weighted by Gasteiger charge is -2.13.